The largest absolute Gasteiger partial charge is 0.473 e. The minimum Gasteiger partial charge on any atom is -0.473 e. The minimum atomic E-state index is -0.717. The van der Waals surface area contributed by atoms with Crippen LogP contribution in [0.5, 0.6) is 5.75 Å². The van der Waals surface area contributed by atoms with Gasteiger partial charge in [0.15, 0.2) is 6.73 Å². The Balaban J connectivity index is 1.81. The number of benzene rings is 2. The van der Waals surface area contributed by atoms with Crippen LogP contribution in [0.3, 0.4) is 0 Å². The number of fused-ring (bicyclic) bond motifs is 3. The molecule has 0 saturated heterocycles. The lowest BCUT2D eigenvalue weighted by atomic mass is 10.1. The summed E-state index contributed by atoms with van der Waals surface area (Å²) < 4.78 is 15.9. The number of ether oxygens (including phenoxy) is 2. The van der Waals surface area contributed by atoms with Crippen LogP contribution in [0.2, 0.25) is 0 Å². The molecule has 0 aliphatic carbocycles. The summed E-state index contributed by atoms with van der Waals surface area (Å²) in [6.45, 7) is 2.98. The Bertz CT molecular complexity index is 1070. The van der Waals surface area contributed by atoms with Gasteiger partial charge in [-0.05, 0) is 42.8 Å². The zero-order chi connectivity index (χ0) is 18.3. The van der Waals surface area contributed by atoms with Gasteiger partial charge < -0.3 is 18.8 Å². The first-order valence-corrected chi connectivity index (χ1v) is 8.19. The van der Waals surface area contributed by atoms with Gasteiger partial charge in [0, 0.05) is 11.1 Å². The van der Waals surface area contributed by atoms with E-state index in [-0.39, 0.29) is 5.56 Å². The van der Waals surface area contributed by atoms with Gasteiger partial charge in [-0.15, -0.1) is 0 Å². The Morgan fingerprint density at radius 3 is 2.81 bits per heavy atom. The number of carbonyl (C=O) groups is 1. The molecule has 1 aliphatic rings. The van der Waals surface area contributed by atoms with E-state index in [0.717, 1.165) is 16.8 Å². The lowest BCUT2D eigenvalue weighted by Gasteiger charge is -2.31. The van der Waals surface area contributed by atoms with Gasteiger partial charge in [0.05, 0.1) is 19.2 Å². The van der Waals surface area contributed by atoms with Crippen molar-refractivity contribution in [3.05, 3.63) is 69.6 Å². The van der Waals surface area contributed by atoms with E-state index in [4.69, 9.17) is 9.15 Å². The fourth-order valence-electron chi connectivity index (χ4n) is 3.14. The highest BCUT2D eigenvalue weighted by molar-refractivity contribution is 5.94. The Kier molecular flexibility index (Phi) is 3.88. The molecule has 0 radical (unpaired) electrons. The van der Waals surface area contributed by atoms with Crippen LogP contribution >= 0.6 is 0 Å². The topological polar surface area (TPSA) is 69.0 Å². The molecule has 2 aromatic carbocycles. The highest BCUT2D eigenvalue weighted by Gasteiger charge is 2.23. The molecular weight excluding hydrogens is 334 g/mol. The molecule has 6 nitrogen and oxygen atoms in total. The molecule has 0 atom stereocenters. The van der Waals surface area contributed by atoms with Crippen LogP contribution in [-0.4, -0.2) is 19.8 Å². The predicted octanol–water partition coefficient (Wildman–Crippen LogP) is 3.24. The third-order valence-corrected chi connectivity index (χ3v) is 4.46. The molecule has 4 rings (SSSR count). The van der Waals surface area contributed by atoms with Crippen molar-refractivity contribution in [1.29, 1.82) is 0 Å². The van der Waals surface area contributed by atoms with Crippen LogP contribution in [0.15, 0.2) is 51.7 Å². The average molecular weight is 351 g/mol. The molecule has 0 saturated carbocycles. The first-order valence-electron chi connectivity index (χ1n) is 8.19. The summed E-state index contributed by atoms with van der Waals surface area (Å²) in [5.41, 5.74) is 2.56. The molecular formula is C20H17NO5. The second-order valence-electron chi connectivity index (χ2n) is 6.21. The summed E-state index contributed by atoms with van der Waals surface area (Å²) in [7, 11) is 1.23. The smallest absolute Gasteiger partial charge is 0.351 e. The number of methoxy groups -OCH3 is 1. The monoisotopic (exact) mass is 351 g/mol. The lowest BCUT2D eigenvalue weighted by Crippen LogP contribution is -2.32. The third-order valence-electron chi connectivity index (χ3n) is 4.46. The third kappa shape index (κ3) is 2.69. The molecule has 0 unspecified atom stereocenters. The standard InChI is InChI=1S/C20H17NO5/c1-12-4-3-5-14(8-12)21-10-16-17(25-11-21)7-6-13-9-15(19(22)24-2)20(23)26-18(13)16/h3-9H,10-11H2,1-2H3. The maximum atomic E-state index is 12.2. The Hall–Kier alpha value is -3.28. The summed E-state index contributed by atoms with van der Waals surface area (Å²) in [6, 6.07) is 13.2. The van der Waals surface area contributed by atoms with Crippen molar-refractivity contribution in [1.82, 2.24) is 0 Å². The van der Waals surface area contributed by atoms with Crippen LogP contribution in [0.1, 0.15) is 21.5 Å². The molecule has 26 heavy (non-hydrogen) atoms. The molecule has 0 bridgehead atoms. The minimum absolute atomic E-state index is 0.118. The quantitative estimate of drug-likeness (QED) is 0.521. The SMILES string of the molecule is COC(=O)c1cc2ccc3c(c2oc1=O)CN(c1cccc(C)c1)CO3. The zero-order valence-corrected chi connectivity index (χ0v) is 14.4. The Labute approximate surface area is 149 Å². The van der Waals surface area contributed by atoms with Crippen LogP contribution in [0.25, 0.3) is 11.0 Å². The van der Waals surface area contributed by atoms with Gasteiger partial charge in [0.1, 0.15) is 16.9 Å². The summed E-state index contributed by atoms with van der Waals surface area (Å²) in [4.78, 5) is 26.0. The van der Waals surface area contributed by atoms with Crippen molar-refractivity contribution in [2.24, 2.45) is 0 Å². The van der Waals surface area contributed by atoms with Gasteiger partial charge in [-0.2, -0.15) is 0 Å². The molecule has 0 spiro atoms. The fraction of sp³-hybridized carbons (Fsp3) is 0.200. The van der Waals surface area contributed by atoms with Crippen molar-refractivity contribution in [2.45, 2.75) is 13.5 Å². The summed E-state index contributed by atoms with van der Waals surface area (Å²) in [5.74, 6) is -0.0358. The van der Waals surface area contributed by atoms with Crippen molar-refractivity contribution in [3.63, 3.8) is 0 Å². The van der Waals surface area contributed by atoms with E-state index in [2.05, 4.69) is 15.7 Å². The molecule has 0 N–H and O–H groups in total. The number of nitrogens with zero attached hydrogens (tertiary/aromatic N) is 1. The number of hydrogen-bond acceptors (Lipinski definition) is 6. The second kappa shape index (κ2) is 6.22. The summed E-state index contributed by atoms with van der Waals surface area (Å²) >= 11 is 0. The maximum absolute atomic E-state index is 12.2. The predicted molar refractivity (Wildman–Crippen MR) is 96.7 cm³/mol. The van der Waals surface area contributed by atoms with E-state index in [0.29, 0.717) is 30.0 Å². The van der Waals surface area contributed by atoms with E-state index in [1.807, 2.05) is 31.2 Å². The van der Waals surface area contributed by atoms with Crippen LogP contribution < -0.4 is 15.3 Å². The molecule has 132 valence electrons. The van der Waals surface area contributed by atoms with Crippen LogP contribution in [0.4, 0.5) is 5.69 Å². The summed E-state index contributed by atoms with van der Waals surface area (Å²) in [5, 5.41) is 0.651. The fourth-order valence-corrected chi connectivity index (χ4v) is 3.14. The highest BCUT2D eigenvalue weighted by Crippen LogP contribution is 2.34. The lowest BCUT2D eigenvalue weighted by molar-refractivity contribution is 0.0596. The maximum Gasteiger partial charge on any atom is 0.351 e. The van der Waals surface area contributed by atoms with Gasteiger partial charge in [0.25, 0.3) is 0 Å². The van der Waals surface area contributed by atoms with Gasteiger partial charge >= 0.3 is 11.6 Å². The zero-order valence-electron chi connectivity index (χ0n) is 14.4. The van der Waals surface area contributed by atoms with Gasteiger partial charge in [-0.1, -0.05) is 12.1 Å². The molecule has 3 aromatic rings. The number of aryl methyl sites for hydroxylation is 1. The van der Waals surface area contributed by atoms with Gasteiger partial charge in [0.2, 0.25) is 0 Å². The number of hydrogen-bond donors (Lipinski definition) is 0. The van der Waals surface area contributed by atoms with Gasteiger partial charge in [-0.3, -0.25) is 0 Å². The van der Waals surface area contributed by atoms with Gasteiger partial charge in [-0.25, -0.2) is 9.59 Å². The van der Waals surface area contributed by atoms with E-state index in [1.165, 1.54) is 13.2 Å². The van der Waals surface area contributed by atoms with Crippen molar-refractivity contribution in [2.75, 3.05) is 18.7 Å². The van der Waals surface area contributed by atoms with E-state index < -0.39 is 11.6 Å². The van der Waals surface area contributed by atoms with E-state index >= 15 is 0 Å². The Morgan fingerprint density at radius 2 is 2.04 bits per heavy atom. The number of esters is 1. The van der Waals surface area contributed by atoms with Crippen molar-refractivity contribution < 1.29 is 18.7 Å². The van der Waals surface area contributed by atoms with Crippen LogP contribution in [0, 0.1) is 6.92 Å². The molecule has 1 aromatic heterocycles. The highest BCUT2D eigenvalue weighted by atomic mass is 16.5. The van der Waals surface area contributed by atoms with Crippen LogP contribution in [-0.2, 0) is 11.3 Å². The number of carbonyl (C=O) groups excluding carboxylic acids is 1. The van der Waals surface area contributed by atoms with Crippen molar-refractivity contribution in [3.8, 4) is 5.75 Å². The first kappa shape index (κ1) is 16.2. The normalized spacial score (nSPS) is 13.2. The first-order chi connectivity index (χ1) is 12.6. The molecule has 1 aliphatic heterocycles. The van der Waals surface area contributed by atoms with E-state index in [1.54, 1.807) is 6.07 Å². The second-order valence-corrected chi connectivity index (χ2v) is 6.21. The average Bonchev–Trinajstić information content (AvgIpc) is 2.66. The van der Waals surface area contributed by atoms with Crippen molar-refractivity contribution >= 4 is 22.6 Å². The van der Waals surface area contributed by atoms with E-state index in [9.17, 15) is 9.59 Å². The molecule has 0 fully saturated rings. The molecule has 2 heterocycles. The Morgan fingerprint density at radius 1 is 1.19 bits per heavy atom. The number of anilines is 1. The molecule has 6 heteroatoms. The summed E-state index contributed by atoms with van der Waals surface area (Å²) in [6.07, 6.45) is 0. The molecule has 0 amide bonds. The number of rotatable bonds is 2.